The second kappa shape index (κ2) is 8.86. The van der Waals surface area contributed by atoms with Crippen molar-refractivity contribution in [2.45, 2.75) is 26.2 Å². The van der Waals surface area contributed by atoms with Crippen LogP contribution in [0.2, 0.25) is 0 Å². The molecule has 1 aliphatic rings. The zero-order chi connectivity index (χ0) is 19.2. The Bertz CT molecular complexity index is 810. The number of halogens is 1. The number of nitrogens with zero attached hydrogens (tertiary/aromatic N) is 2. The van der Waals surface area contributed by atoms with Gasteiger partial charge < -0.3 is 10.2 Å². The van der Waals surface area contributed by atoms with Crippen LogP contribution >= 0.6 is 0 Å². The number of pyridine rings is 1. The van der Waals surface area contributed by atoms with Crippen LogP contribution < -0.4 is 5.32 Å². The van der Waals surface area contributed by atoms with Gasteiger partial charge in [-0.05, 0) is 56.1 Å². The highest BCUT2D eigenvalue weighted by Gasteiger charge is 2.27. The van der Waals surface area contributed by atoms with Gasteiger partial charge in [-0.3, -0.25) is 14.6 Å². The molecule has 1 atom stereocenters. The van der Waals surface area contributed by atoms with Crippen molar-refractivity contribution >= 4 is 17.4 Å². The van der Waals surface area contributed by atoms with Crippen molar-refractivity contribution < 1.29 is 14.0 Å². The van der Waals surface area contributed by atoms with Crippen LogP contribution in [-0.4, -0.2) is 41.2 Å². The highest BCUT2D eigenvalue weighted by atomic mass is 19.1. The number of anilines is 1. The fourth-order valence-corrected chi connectivity index (χ4v) is 3.34. The summed E-state index contributed by atoms with van der Waals surface area (Å²) in [5.74, 6) is -0.501. The van der Waals surface area contributed by atoms with Crippen LogP contribution in [0, 0.1) is 18.7 Å². The van der Waals surface area contributed by atoms with E-state index in [1.165, 1.54) is 6.07 Å². The summed E-state index contributed by atoms with van der Waals surface area (Å²) in [6, 6.07) is 10.0. The second-order valence-electron chi connectivity index (χ2n) is 6.98. The van der Waals surface area contributed by atoms with Gasteiger partial charge in [0.2, 0.25) is 5.91 Å². The number of benzene rings is 1. The molecule has 0 bridgehead atoms. The van der Waals surface area contributed by atoms with E-state index >= 15 is 0 Å². The van der Waals surface area contributed by atoms with Gasteiger partial charge in [-0.25, -0.2) is 4.39 Å². The second-order valence-corrected chi connectivity index (χ2v) is 6.98. The number of likely N-dealkylation sites (tertiary alicyclic amines) is 1. The van der Waals surface area contributed by atoms with Crippen LogP contribution in [0.25, 0.3) is 0 Å². The molecular weight excluding hydrogens is 345 g/mol. The Balaban J connectivity index is 1.49. The number of nitrogens with one attached hydrogen (secondary N) is 1. The molecule has 1 amide bonds. The van der Waals surface area contributed by atoms with E-state index in [1.807, 2.05) is 6.07 Å². The third kappa shape index (κ3) is 5.20. The first-order valence-electron chi connectivity index (χ1n) is 9.26. The fourth-order valence-electron chi connectivity index (χ4n) is 3.34. The molecule has 1 aromatic heterocycles. The van der Waals surface area contributed by atoms with Crippen molar-refractivity contribution in [2.24, 2.45) is 5.92 Å². The Morgan fingerprint density at radius 3 is 2.89 bits per heavy atom. The van der Waals surface area contributed by atoms with Gasteiger partial charge in [0.05, 0.1) is 0 Å². The highest BCUT2D eigenvalue weighted by molar-refractivity contribution is 5.96. The molecule has 1 aliphatic heterocycles. The number of aryl methyl sites for hydroxylation is 1. The lowest BCUT2D eigenvalue weighted by Gasteiger charge is -2.31. The fraction of sp³-hybridized carbons (Fsp3) is 0.381. The number of carbonyl (C=O) groups is 2. The first kappa shape index (κ1) is 19.2. The highest BCUT2D eigenvalue weighted by Crippen LogP contribution is 2.20. The van der Waals surface area contributed by atoms with Crippen molar-refractivity contribution in [3.63, 3.8) is 0 Å². The molecule has 1 fully saturated rings. The quantitative estimate of drug-likeness (QED) is 0.792. The molecule has 1 aromatic carbocycles. The lowest BCUT2D eigenvalue weighted by molar-refractivity contribution is -0.116. The number of rotatable bonds is 6. The Hall–Kier alpha value is -2.60. The average Bonchev–Trinajstić information content (AvgIpc) is 2.69. The molecule has 1 saturated heterocycles. The SMILES string of the molecule is Cc1ccc(NC(=O)CCN2CCC[C@H](C(=O)c3ccccn3)C2)cc1F. The van der Waals surface area contributed by atoms with Crippen LogP contribution in [0.5, 0.6) is 0 Å². The summed E-state index contributed by atoms with van der Waals surface area (Å²) in [4.78, 5) is 31.0. The normalized spacial score (nSPS) is 17.5. The van der Waals surface area contributed by atoms with Crippen LogP contribution in [0.4, 0.5) is 10.1 Å². The molecule has 0 saturated carbocycles. The van der Waals surface area contributed by atoms with E-state index in [2.05, 4.69) is 15.2 Å². The predicted molar refractivity (Wildman–Crippen MR) is 102 cm³/mol. The zero-order valence-electron chi connectivity index (χ0n) is 15.5. The molecule has 2 heterocycles. The minimum Gasteiger partial charge on any atom is -0.326 e. The third-order valence-electron chi connectivity index (χ3n) is 4.90. The Kier molecular flexibility index (Phi) is 6.29. The first-order valence-corrected chi connectivity index (χ1v) is 9.26. The molecule has 0 aliphatic carbocycles. The van der Waals surface area contributed by atoms with E-state index in [4.69, 9.17) is 0 Å². The topological polar surface area (TPSA) is 62.3 Å². The number of carbonyl (C=O) groups excluding carboxylic acids is 2. The predicted octanol–water partition coefficient (Wildman–Crippen LogP) is 3.45. The van der Waals surface area contributed by atoms with Gasteiger partial charge in [0.25, 0.3) is 0 Å². The van der Waals surface area contributed by atoms with Gasteiger partial charge in [-0.1, -0.05) is 12.1 Å². The summed E-state index contributed by atoms with van der Waals surface area (Å²) < 4.78 is 13.6. The number of Topliss-reactive ketones (excluding diaryl/α,β-unsaturated/α-hetero) is 1. The Morgan fingerprint density at radius 1 is 1.30 bits per heavy atom. The third-order valence-corrected chi connectivity index (χ3v) is 4.90. The van der Waals surface area contributed by atoms with E-state index in [-0.39, 0.29) is 23.4 Å². The molecule has 1 N–H and O–H groups in total. The summed E-state index contributed by atoms with van der Waals surface area (Å²) in [5, 5.41) is 2.73. The first-order chi connectivity index (χ1) is 13.0. The molecule has 142 valence electrons. The standard InChI is InChI=1S/C21H24FN3O2/c1-15-7-8-17(13-18(15)22)24-20(26)9-12-25-11-4-5-16(14-25)21(27)19-6-2-3-10-23-19/h2-3,6-8,10,13,16H,4-5,9,11-12,14H2,1H3,(H,24,26)/t16-/m0/s1. The number of amides is 1. The molecule has 0 unspecified atom stereocenters. The van der Waals surface area contributed by atoms with Crippen LogP contribution in [0.3, 0.4) is 0 Å². The maximum atomic E-state index is 13.6. The van der Waals surface area contributed by atoms with Gasteiger partial charge in [0.1, 0.15) is 11.5 Å². The van der Waals surface area contributed by atoms with Gasteiger partial charge >= 0.3 is 0 Å². The van der Waals surface area contributed by atoms with E-state index in [0.717, 1.165) is 19.4 Å². The monoisotopic (exact) mass is 369 g/mol. The number of ketones is 1. The zero-order valence-corrected chi connectivity index (χ0v) is 15.5. The largest absolute Gasteiger partial charge is 0.326 e. The van der Waals surface area contributed by atoms with Gasteiger partial charge in [0, 0.05) is 37.3 Å². The molecule has 27 heavy (non-hydrogen) atoms. The average molecular weight is 369 g/mol. The van der Waals surface area contributed by atoms with Crippen LogP contribution in [0.1, 0.15) is 35.3 Å². The number of aromatic nitrogens is 1. The summed E-state index contributed by atoms with van der Waals surface area (Å²) in [7, 11) is 0. The molecule has 3 rings (SSSR count). The summed E-state index contributed by atoms with van der Waals surface area (Å²) in [6.45, 7) is 3.77. The maximum Gasteiger partial charge on any atom is 0.225 e. The Labute approximate surface area is 158 Å². The molecule has 5 nitrogen and oxygen atoms in total. The molecular formula is C21H24FN3O2. The Morgan fingerprint density at radius 2 is 2.15 bits per heavy atom. The van der Waals surface area contributed by atoms with E-state index in [0.29, 0.717) is 36.5 Å². The van der Waals surface area contributed by atoms with Crippen molar-refractivity contribution in [1.29, 1.82) is 0 Å². The van der Waals surface area contributed by atoms with E-state index in [1.54, 1.807) is 37.4 Å². The summed E-state index contributed by atoms with van der Waals surface area (Å²) >= 11 is 0. The van der Waals surface area contributed by atoms with Crippen molar-refractivity contribution in [3.8, 4) is 0 Å². The van der Waals surface area contributed by atoms with Crippen LogP contribution in [0.15, 0.2) is 42.6 Å². The lowest BCUT2D eigenvalue weighted by Crippen LogP contribution is -2.40. The molecule has 2 aromatic rings. The van der Waals surface area contributed by atoms with Gasteiger partial charge in [-0.15, -0.1) is 0 Å². The minimum atomic E-state index is -0.334. The van der Waals surface area contributed by atoms with E-state index in [9.17, 15) is 14.0 Å². The van der Waals surface area contributed by atoms with Crippen molar-refractivity contribution in [3.05, 3.63) is 59.7 Å². The van der Waals surface area contributed by atoms with Crippen molar-refractivity contribution in [2.75, 3.05) is 25.0 Å². The molecule has 6 heteroatoms. The van der Waals surface area contributed by atoms with Gasteiger partial charge in [0.15, 0.2) is 5.78 Å². The lowest BCUT2D eigenvalue weighted by atomic mass is 9.92. The number of piperidine rings is 1. The van der Waals surface area contributed by atoms with Gasteiger partial charge in [-0.2, -0.15) is 0 Å². The van der Waals surface area contributed by atoms with E-state index < -0.39 is 0 Å². The maximum absolute atomic E-state index is 13.6. The smallest absolute Gasteiger partial charge is 0.225 e. The number of hydrogen-bond donors (Lipinski definition) is 1. The molecule has 0 radical (unpaired) electrons. The minimum absolute atomic E-state index is 0.0693. The number of hydrogen-bond acceptors (Lipinski definition) is 4. The summed E-state index contributed by atoms with van der Waals surface area (Å²) in [6.07, 6.45) is 3.71. The van der Waals surface area contributed by atoms with Crippen LogP contribution in [-0.2, 0) is 4.79 Å². The summed E-state index contributed by atoms with van der Waals surface area (Å²) in [5.41, 5.74) is 1.51. The molecule has 0 spiro atoms. The van der Waals surface area contributed by atoms with Crippen molar-refractivity contribution in [1.82, 2.24) is 9.88 Å².